The average molecular weight is 429 g/mol. The van der Waals surface area contributed by atoms with Crippen LogP contribution < -0.4 is 0 Å². The van der Waals surface area contributed by atoms with Crippen molar-refractivity contribution in [2.24, 2.45) is 5.92 Å². The van der Waals surface area contributed by atoms with Crippen LogP contribution in [0.4, 0.5) is 4.39 Å². The molecule has 30 heavy (non-hydrogen) atoms. The molecule has 7 heteroatoms. The number of amides is 2. The topological polar surface area (TPSA) is 53.8 Å². The highest BCUT2D eigenvalue weighted by molar-refractivity contribution is 7.09. The molecule has 0 unspecified atom stereocenters. The monoisotopic (exact) mass is 428 g/mol. The van der Waals surface area contributed by atoms with Gasteiger partial charge < -0.3 is 14.2 Å². The fourth-order valence-corrected chi connectivity index (χ4v) is 3.83. The highest BCUT2D eigenvalue weighted by Crippen LogP contribution is 2.17. The van der Waals surface area contributed by atoms with E-state index in [9.17, 15) is 14.0 Å². The van der Waals surface area contributed by atoms with Gasteiger partial charge in [0, 0.05) is 18.0 Å². The van der Waals surface area contributed by atoms with Gasteiger partial charge in [-0.05, 0) is 47.2 Å². The Bertz CT molecular complexity index is 938. The first-order valence-corrected chi connectivity index (χ1v) is 10.7. The molecule has 5 nitrogen and oxygen atoms in total. The molecule has 0 fully saturated rings. The third-order valence-corrected chi connectivity index (χ3v) is 5.36. The van der Waals surface area contributed by atoms with Crippen LogP contribution in [-0.4, -0.2) is 34.7 Å². The van der Waals surface area contributed by atoms with Gasteiger partial charge >= 0.3 is 0 Å². The van der Waals surface area contributed by atoms with Crippen LogP contribution in [0.2, 0.25) is 0 Å². The largest absolute Gasteiger partial charge is 0.459 e. The number of thiophene rings is 1. The number of hydrogen-bond acceptors (Lipinski definition) is 4. The van der Waals surface area contributed by atoms with Gasteiger partial charge in [0.1, 0.15) is 12.4 Å². The van der Waals surface area contributed by atoms with E-state index in [0.717, 1.165) is 10.4 Å². The first kappa shape index (κ1) is 21.8. The van der Waals surface area contributed by atoms with Crippen LogP contribution in [0.3, 0.4) is 0 Å². The summed E-state index contributed by atoms with van der Waals surface area (Å²) in [6, 6.07) is 13.3. The number of carbonyl (C=O) groups is 2. The van der Waals surface area contributed by atoms with Crippen LogP contribution in [0.1, 0.15) is 34.8 Å². The molecular formula is C23H25FN2O3S. The summed E-state index contributed by atoms with van der Waals surface area (Å²) in [6.07, 6.45) is 1.44. The van der Waals surface area contributed by atoms with Gasteiger partial charge in [-0.2, -0.15) is 0 Å². The van der Waals surface area contributed by atoms with Crippen molar-refractivity contribution in [1.29, 1.82) is 0 Å². The van der Waals surface area contributed by atoms with Crippen LogP contribution in [0.5, 0.6) is 0 Å². The molecule has 158 valence electrons. The number of carbonyl (C=O) groups excluding carboxylic acids is 2. The van der Waals surface area contributed by atoms with E-state index in [-0.39, 0.29) is 35.9 Å². The fourth-order valence-electron chi connectivity index (χ4n) is 3.11. The summed E-state index contributed by atoms with van der Waals surface area (Å²) in [4.78, 5) is 30.3. The molecule has 3 aromatic rings. The lowest BCUT2D eigenvalue weighted by molar-refractivity contribution is -0.133. The summed E-state index contributed by atoms with van der Waals surface area (Å²) >= 11 is 1.57. The first-order chi connectivity index (χ1) is 14.4. The zero-order valence-electron chi connectivity index (χ0n) is 17.1. The van der Waals surface area contributed by atoms with E-state index >= 15 is 0 Å². The molecule has 2 heterocycles. The Morgan fingerprint density at radius 3 is 2.40 bits per heavy atom. The third-order valence-electron chi connectivity index (χ3n) is 4.50. The minimum atomic E-state index is -0.318. The van der Waals surface area contributed by atoms with Gasteiger partial charge in [-0.3, -0.25) is 9.59 Å². The molecule has 0 aliphatic heterocycles. The number of rotatable bonds is 9. The quantitative estimate of drug-likeness (QED) is 0.492. The number of halogens is 1. The fraction of sp³-hybridized carbons (Fsp3) is 0.304. The van der Waals surface area contributed by atoms with Gasteiger partial charge in [0.15, 0.2) is 5.76 Å². The Hall–Kier alpha value is -2.93. The minimum absolute atomic E-state index is 0.0513. The van der Waals surface area contributed by atoms with Crippen molar-refractivity contribution in [3.63, 3.8) is 0 Å². The SMILES string of the molecule is CC(C)CN(CC(=O)N(Cc1ccc(F)cc1)Cc1cccs1)C(=O)c1ccco1. The first-order valence-electron chi connectivity index (χ1n) is 9.79. The molecule has 0 spiro atoms. The Labute approximate surface area is 179 Å². The maximum Gasteiger partial charge on any atom is 0.290 e. The molecule has 2 aromatic heterocycles. The van der Waals surface area contributed by atoms with E-state index in [4.69, 9.17) is 4.42 Å². The summed E-state index contributed by atoms with van der Waals surface area (Å²) in [7, 11) is 0. The smallest absolute Gasteiger partial charge is 0.290 e. The maximum atomic E-state index is 13.3. The maximum absolute atomic E-state index is 13.3. The lowest BCUT2D eigenvalue weighted by Crippen LogP contribution is -2.43. The lowest BCUT2D eigenvalue weighted by Gasteiger charge is -2.28. The predicted molar refractivity (Wildman–Crippen MR) is 114 cm³/mol. The Morgan fingerprint density at radius 2 is 1.80 bits per heavy atom. The summed E-state index contributed by atoms with van der Waals surface area (Å²) in [5.41, 5.74) is 0.828. The van der Waals surface area contributed by atoms with Crippen LogP contribution in [0.15, 0.2) is 64.6 Å². The van der Waals surface area contributed by atoms with Crippen molar-refractivity contribution in [2.75, 3.05) is 13.1 Å². The second-order valence-electron chi connectivity index (χ2n) is 7.51. The van der Waals surface area contributed by atoms with Gasteiger partial charge in [-0.1, -0.05) is 32.0 Å². The minimum Gasteiger partial charge on any atom is -0.459 e. The summed E-state index contributed by atoms with van der Waals surface area (Å²) in [5.74, 6) is -0.387. The van der Waals surface area contributed by atoms with Gasteiger partial charge in [-0.15, -0.1) is 11.3 Å². The van der Waals surface area contributed by atoms with Gasteiger partial charge in [0.05, 0.1) is 12.8 Å². The van der Waals surface area contributed by atoms with Crippen LogP contribution in [-0.2, 0) is 17.9 Å². The Balaban J connectivity index is 1.78. The van der Waals surface area contributed by atoms with Crippen molar-refractivity contribution < 1.29 is 18.4 Å². The van der Waals surface area contributed by atoms with Crippen molar-refractivity contribution in [1.82, 2.24) is 9.80 Å². The molecule has 3 rings (SSSR count). The predicted octanol–water partition coefficient (Wildman–Crippen LogP) is 4.81. The number of nitrogens with zero attached hydrogens (tertiary/aromatic N) is 2. The molecule has 0 saturated heterocycles. The van der Waals surface area contributed by atoms with Crippen molar-refractivity contribution in [2.45, 2.75) is 26.9 Å². The second kappa shape index (κ2) is 10.2. The third kappa shape index (κ3) is 6.03. The standard InChI is InChI=1S/C23H25FN2O3S/c1-17(2)13-26(23(28)21-6-3-11-29-21)16-22(27)25(15-20-5-4-12-30-20)14-18-7-9-19(24)10-8-18/h3-12,17H,13-16H2,1-2H3. The van der Waals surface area contributed by atoms with E-state index in [2.05, 4.69) is 0 Å². The highest BCUT2D eigenvalue weighted by atomic mass is 32.1. The van der Waals surface area contributed by atoms with E-state index in [1.54, 1.807) is 40.5 Å². The van der Waals surface area contributed by atoms with Gasteiger partial charge in [0.2, 0.25) is 5.91 Å². The lowest BCUT2D eigenvalue weighted by atomic mass is 10.2. The van der Waals surface area contributed by atoms with E-state index in [1.165, 1.54) is 23.3 Å². The van der Waals surface area contributed by atoms with E-state index < -0.39 is 0 Å². The molecular weight excluding hydrogens is 403 g/mol. The van der Waals surface area contributed by atoms with Gasteiger partial charge in [-0.25, -0.2) is 4.39 Å². The van der Waals surface area contributed by atoms with Crippen LogP contribution in [0.25, 0.3) is 0 Å². The molecule has 0 bridgehead atoms. The molecule has 0 aliphatic rings. The average Bonchev–Trinajstić information content (AvgIpc) is 3.42. The molecule has 2 amide bonds. The summed E-state index contributed by atoms with van der Waals surface area (Å²) in [6.45, 7) is 5.14. The molecule has 0 N–H and O–H groups in total. The van der Waals surface area contributed by atoms with Crippen LogP contribution in [0, 0.1) is 11.7 Å². The normalized spacial score (nSPS) is 10.9. The molecule has 0 atom stereocenters. The van der Waals surface area contributed by atoms with E-state index in [1.807, 2.05) is 31.4 Å². The highest BCUT2D eigenvalue weighted by Gasteiger charge is 2.25. The van der Waals surface area contributed by atoms with Crippen molar-refractivity contribution >= 4 is 23.2 Å². The summed E-state index contributed by atoms with van der Waals surface area (Å²) < 4.78 is 18.5. The zero-order chi connectivity index (χ0) is 21.5. The van der Waals surface area contributed by atoms with E-state index in [0.29, 0.717) is 19.6 Å². The number of hydrogen-bond donors (Lipinski definition) is 0. The van der Waals surface area contributed by atoms with Crippen molar-refractivity contribution in [3.05, 3.63) is 82.2 Å². The number of furan rings is 1. The molecule has 0 radical (unpaired) electrons. The Kier molecular flexibility index (Phi) is 7.41. The van der Waals surface area contributed by atoms with Crippen molar-refractivity contribution in [3.8, 4) is 0 Å². The second-order valence-corrected chi connectivity index (χ2v) is 8.54. The Morgan fingerprint density at radius 1 is 1.03 bits per heavy atom. The van der Waals surface area contributed by atoms with Crippen LogP contribution >= 0.6 is 11.3 Å². The number of benzene rings is 1. The zero-order valence-corrected chi connectivity index (χ0v) is 17.9. The molecule has 0 saturated carbocycles. The molecule has 0 aliphatic carbocycles. The summed E-state index contributed by atoms with van der Waals surface area (Å²) in [5, 5.41) is 1.96. The van der Waals surface area contributed by atoms with Gasteiger partial charge in [0.25, 0.3) is 5.91 Å². The molecule has 1 aromatic carbocycles.